The fourth-order valence-electron chi connectivity index (χ4n) is 4.50. The lowest BCUT2D eigenvalue weighted by Gasteiger charge is -2.28. The van der Waals surface area contributed by atoms with Gasteiger partial charge in [-0.2, -0.15) is 10.1 Å². The molecule has 33 heavy (non-hydrogen) atoms. The average Bonchev–Trinajstić information content (AvgIpc) is 3.57. The van der Waals surface area contributed by atoms with Crippen LogP contribution in [0.25, 0.3) is 0 Å². The summed E-state index contributed by atoms with van der Waals surface area (Å²) in [6, 6.07) is 9.50. The van der Waals surface area contributed by atoms with Crippen molar-refractivity contribution in [1.82, 2.24) is 19.7 Å². The highest BCUT2D eigenvalue weighted by Gasteiger charge is 2.29. The molecule has 168 valence electrons. The van der Waals surface area contributed by atoms with E-state index >= 15 is 0 Å². The Hall–Kier alpha value is -3.77. The summed E-state index contributed by atoms with van der Waals surface area (Å²) in [6.07, 6.45) is 6.20. The predicted molar refractivity (Wildman–Crippen MR) is 122 cm³/mol. The number of hydrogen-bond acceptors (Lipinski definition) is 8. The van der Waals surface area contributed by atoms with Gasteiger partial charge in [0.25, 0.3) is 0 Å². The molecule has 1 saturated carbocycles. The van der Waals surface area contributed by atoms with E-state index < -0.39 is 5.60 Å². The van der Waals surface area contributed by atoms with E-state index in [1.54, 1.807) is 6.20 Å². The summed E-state index contributed by atoms with van der Waals surface area (Å²) in [5.74, 6) is 9.79. The maximum absolute atomic E-state index is 10.5. The average molecular weight is 444 g/mol. The molecule has 0 unspecified atom stereocenters. The Morgan fingerprint density at radius 1 is 1.03 bits per heavy atom. The van der Waals surface area contributed by atoms with E-state index in [1.165, 1.54) is 0 Å². The van der Waals surface area contributed by atoms with Crippen LogP contribution in [-0.4, -0.2) is 43.8 Å². The first-order chi connectivity index (χ1) is 16.2. The summed E-state index contributed by atoms with van der Waals surface area (Å²) in [7, 11) is 0. The maximum atomic E-state index is 10.5. The number of nitrogens with one attached hydrogen (secondary N) is 1. The van der Waals surface area contributed by atoms with Crippen LogP contribution < -0.4 is 19.7 Å². The summed E-state index contributed by atoms with van der Waals surface area (Å²) in [5, 5.41) is 18.4. The minimum absolute atomic E-state index is 0.235. The smallest absolute Gasteiger partial charge is 0.231 e. The number of anilines is 4. The third-order valence-electron chi connectivity index (χ3n) is 6.19. The lowest BCUT2D eigenvalue weighted by molar-refractivity contribution is 0.110. The second-order valence-electron chi connectivity index (χ2n) is 8.54. The summed E-state index contributed by atoms with van der Waals surface area (Å²) >= 11 is 0. The van der Waals surface area contributed by atoms with E-state index in [9.17, 15) is 5.11 Å². The standard InChI is InChI=1S/C24H24N6O3/c31-24(8-1-2-9-24)10-6-18-15-22-29(12-3-13-30(22)28-18)21-7-11-25-23(27-21)26-17-4-5-19-20(14-17)33-16-32-19/h4-5,7,11,14-15,31H,1-3,8-9,12-13,16H2,(H,25,26,27). The second kappa shape index (κ2) is 7.98. The van der Waals surface area contributed by atoms with Crippen LogP contribution in [0.5, 0.6) is 11.5 Å². The largest absolute Gasteiger partial charge is 0.454 e. The molecule has 2 aromatic heterocycles. The number of ether oxygens (including phenoxy) is 2. The van der Waals surface area contributed by atoms with E-state index in [-0.39, 0.29) is 6.79 Å². The minimum Gasteiger partial charge on any atom is -0.454 e. The fraction of sp³-hybridized carbons (Fsp3) is 0.375. The van der Waals surface area contributed by atoms with E-state index in [0.717, 1.165) is 68.3 Å². The normalized spacial score (nSPS) is 17.9. The van der Waals surface area contributed by atoms with E-state index in [2.05, 4.69) is 32.1 Å². The molecule has 0 amide bonds. The number of aliphatic hydroxyl groups is 1. The first kappa shape index (κ1) is 19.9. The van der Waals surface area contributed by atoms with Gasteiger partial charge in [0.1, 0.15) is 22.9 Å². The Morgan fingerprint density at radius 2 is 1.91 bits per heavy atom. The Morgan fingerprint density at radius 3 is 2.82 bits per heavy atom. The molecule has 0 atom stereocenters. The van der Waals surface area contributed by atoms with Crippen LogP contribution in [0.3, 0.4) is 0 Å². The van der Waals surface area contributed by atoms with Gasteiger partial charge in [0.2, 0.25) is 12.7 Å². The van der Waals surface area contributed by atoms with E-state index in [4.69, 9.17) is 14.5 Å². The molecule has 0 spiro atoms. The molecular formula is C24H24N6O3. The molecule has 0 saturated heterocycles. The van der Waals surface area contributed by atoms with E-state index in [0.29, 0.717) is 17.4 Å². The number of fused-ring (bicyclic) bond motifs is 2. The monoisotopic (exact) mass is 444 g/mol. The molecule has 2 aliphatic heterocycles. The zero-order valence-corrected chi connectivity index (χ0v) is 18.1. The SMILES string of the molecule is OC1(C#Cc2cc3n(n2)CCCN3c2ccnc(Nc3ccc4c(c3)OCO4)n2)CCCC1. The van der Waals surface area contributed by atoms with Crippen LogP contribution in [-0.2, 0) is 6.54 Å². The van der Waals surface area contributed by atoms with Gasteiger partial charge in [0.05, 0.1) is 0 Å². The molecule has 3 aromatic rings. The molecule has 3 aliphatic rings. The molecule has 1 aliphatic carbocycles. The van der Waals surface area contributed by atoms with Gasteiger partial charge in [-0.25, -0.2) is 9.67 Å². The van der Waals surface area contributed by atoms with Crippen molar-refractivity contribution in [2.24, 2.45) is 0 Å². The van der Waals surface area contributed by atoms with Gasteiger partial charge >= 0.3 is 0 Å². The first-order valence-electron chi connectivity index (χ1n) is 11.3. The third kappa shape index (κ3) is 3.94. The lowest BCUT2D eigenvalue weighted by atomic mass is 10.0. The molecular weight excluding hydrogens is 420 g/mol. The molecule has 1 fully saturated rings. The minimum atomic E-state index is -0.869. The number of rotatable bonds is 3. The Bertz CT molecular complexity index is 1250. The first-order valence-corrected chi connectivity index (χ1v) is 11.3. The number of hydrogen-bond donors (Lipinski definition) is 2. The topological polar surface area (TPSA) is 97.6 Å². The van der Waals surface area contributed by atoms with Gasteiger partial charge in [-0.05, 0) is 56.2 Å². The van der Waals surface area contributed by atoms with Crippen molar-refractivity contribution in [1.29, 1.82) is 0 Å². The molecule has 9 nitrogen and oxygen atoms in total. The summed E-state index contributed by atoms with van der Waals surface area (Å²) in [6.45, 7) is 1.88. The third-order valence-corrected chi connectivity index (χ3v) is 6.19. The van der Waals surface area contributed by atoms with Crippen LogP contribution in [0.1, 0.15) is 37.8 Å². The molecule has 0 bridgehead atoms. The van der Waals surface area contributed by atoms with Gasteiger partial charge < -0.3 is 24.8 Å². The Labute approximate surface area is 191 Å². The zero-order valence-electron chi connectivity index (χ0n) is 18.1. The van der Waals surface area contributed by atoms with Crippen LogP contribution in [0, 0.1) is 11.8 Å². The van der Waals surface area contributed by atoms with Crippen molar-refractivity contribution in [2.45, 2.75) is 44.2 Å². The molecule has 6 rings (SSSR count). The van der Waals surface area contributed by atoms with Gasteiger partial charge in [0, 0.05) is 37.1 Å². The number of benzene rings is 1. The highest BCUT2D eigenvalue weighted by atomic mass is 16.7. The van der Waals surface area contributed by atoms with Crippen molar-refractivity contribution < 1.29 is 14.6 Å². The van der Waals surface area contributed by atoms with Gasteiger partial charge in [-0.1, -0.05) is 5.92 Å². The van der Waals surface area contributed by atoms with Gasteiger partial charge in [-0.3, -0.25) is 0 Å². The Balaban J connectivity index is 1.25. The fourth-order valence-corrected chi connectivity index (χ4v) is 4.50. The van der Waals surface area contributed by atoms with Gasteiger partial charge in [-0.15, -0.1) is 0 Å². The molecule has 4 heterocycles. The highest BCUT2D eigenvalue weighted by Crippen LogP contribution is 2.35. The van der Waals surface area contributed by atoms with Crippen molar-refractivity contribution in [3.63, 3.8) is 0 Å². The molecule has 0 radical (unpaired) electrons. The molecule has 9 heteroatoms. The molecule has 1 aromatic carbocycles. The quantitative estimate of drug-likeness (QED) is 0.594. The highest BCUT2D eigenvalue weighted by molar-refractivity contribution is 5.63. The van der Waals surface area contributed by atoms with Crippen molar-refractivity contribution in [2.75, 3.05) is 23.6 Å². The number of aryl methyl sites for hydroxylation is 1. The van der Waals surface area contributed by atoms with Crippen LogP contribution in [0.4, 0.5) is 23.3 Å². The van der Waals surface area contributed by atoms with Crippen LogP contribution >= 0.6 is 0 Å². The van der Waals surface area contributed by atoms with Gasteiger partial charge in [0.15, 0.2) is 11.5 Å². The summed E-state index contributed by atoms with van der Waals surface area (Å²) in [5.41, 5.74) is 0.624. The van der Waals surface area contributed by atoms with Crippen LogP contribution in [0.2, 0.25) is 0 Å². The molecule has 2 N–H and O–H groups in total. The second-order valence-corrected chi connectivity index (χ2v) is 8.54. The maximum Gasteiger partial charge on any atom is 0.231 e. The number of nitrogens with zero attached hydrogens (tertiary/aromatic N) is 5. The van der Waals surface area contributed by atoms with E-state index in [1.807, 2.05) is 35.0 Å². The lowest BCUT2D eigenvalue weighted by Crippen LogP contribution is -2.28. The predicted octanol–water partition coefficient (Wildman–Crippen LogP) is 3.34. The summed E-state index contributed by atoms with van der Waals surface area (Å²) < 4.78 is 12.8. The van der Waals surface area contributed by atoms with Crippen molar-refractivity contribution in [3.05, 3.63) is 42.2 Å². The zero-order chi connectivity index (χ0) is 22.3. The van der Waals surface area contributed by atoms with Crippen molar-refractivity contribution in [3.8, 4) is 23.3 Å². The van der Waals surface area contributed by atoms with Crippen molar-refractivity contribution >= 4 is 23.3 Å². The Kier molecular flexibility index (Phi) is 4.80. The van der Waals surface area contributed by atoms with Crippen LogP contribution in [0.15, 0.2) is 36.5 Å². The summed E-state index contributed by atoms with van der Waals surface area (Å²) in [4.78, 5) is 11.2. The number of aromatic nitrogens is 4.